The highest BCUT2D eigenvalue weighted by Crippen LogP contribution is 2.14. The molecule has 0 saturated heterocycles. The second-order valence-corrected chi connectivity index (χ2v) is 3.78. The molecular formula is C13H13NO2. The van der Waals surface area contributed by atoms with Gasteiger partial charge in [0.25, 0.3) is 5.56 Å². The topological polar surface area (TPSA) is 39.1 Å². The molecule has 0 aliphatic carbocycles. The van der Waals surface area contributed by atoms with Crippen molar-refractivity contribution in [2.24, 2.45) is 7.05 Å². The highest BCUT2D eigenvalue weighted by Gasteiger charge is 2.05. The number of pyridine rings is 1. The van der Waals surface area contributed by atoms with E-state index in [1.54, 1.807) is 23.7 Å². The number of hydrogen-bond acceptors (Lipinski definition) is 2. The third kappa shape index (κ3) is 1.65. The van der Waals surface area contributed by atoms with Gasteiger partial charge in [-0.15, -0.1) is 0 Å². The molecule has 82 valence electrons. The van der Waals surface area contributed by atoms with Crippen LogP contribution in [0.15, 0.2) is 35.1 Å². The van der Waals surface area contributed by atoms with Crippen molar-refractivity contribution in [3.63, 3.8) is 0 Å². The summed E-state index contributed by atoms with van der Waals surface area (Å²) in [4.78, 5) is 22.9. The van der Waals surface area contributed by atoms with Gasteiger partial charge in [-0.2, -0.15) is 0 Å². The number of ketones is 1. The second-order valence-electron chi connectivity index (χ2n) is 3.78. The molecule has 1 aromatic heterocycles. The Kier molecular flexibility index (Phi) is 2.60. The molecule has 3 heteroatoms. The first-order chi connectivity index (χ1) is 7.63. The van der Waals surface area contributed by atoms with E-state index in [-0.39, 0.29) is 11.3 Å². The molecule has 0 bridgehead atoms. The fourth-order valence-corrected chi connectivity index (χ4v) is 1.76. The Morgan fingerprint density at radius 1 is 1.25 bits per heavy atom. The summed E-state index contributed by atoms with van der Waals surface area (Å²) in [6.45, 7) is 1.84. The first kappa shape index (κ1) is 10.6. The van der Waals surface area contributed by atoms with Crippen LogP contribution in [-0.4, -0.2) is 10.4 Å². The Morgan fingerprint density at radius 3 is 2.69 bits per heavy atom. The molecule has 0 fully saturated rings. The first-order valence-electron chi connectivity index (χ1n) is 5.26. The van der Waals surface area contributed by atoms with Crippen LogP contribution in [0.4, 0.5) is 0 Å². The van der Waals surface area contributed by atoms with Gasteiger partial charge in [-0.3, -0.25) is 9.59 Å². The lowest BCUT2D eigenvalue weighted by molar-refractivity contribution is 0.0988. The minimum atomic E-state index is -0.0398. The van der Waals surface area contributed by atoms with Crippen LogP contribution in [0.1, 0.15) is 23.7 Å². The molecule has 1 aromatic carbocycles. The SMILES string of the molecule is CCC(=O)c1ccc2c(ccc(=O)n2C)c1. The number of benzene rings is 1. The predicted molar refractivity (Wildman–Crippen MR) is 63.8 cm³/mol. The maximum atomic E-state index is 11.5. The molecule has 3 nitrogen and oxygen atoms in total. The number of carbonyl (C=O) groups is 1. The molecule has 0 saturated carbocycles. The van der Waals surface area contributed by atoms with Gasteiger partial charge in [0, 0.05) is 25.1 Å². The summed E-state index contributed by atoms with van der Waals surface area (Å²) in [5.41, 5.74) is 1.51. The highest BCUT2D eigenvalue weighted by atomic mass is 16.1. The van der Waals surface area contributed by atoms with Crippen LogP contribution >= 0.6 is 0 Å². The molecule has 0 amide bonds. The maximum Gasteiger partial charge on any atom is 0.250 e. The summed E-state index contributed by atoms with van der Waals surface area (Å²) in [6, 6.07) is 8.69. The van der Waals surface area contributed by atoms with E-state index in [2.05, 4.69) is 0 Å². The zero-order chi connectivity index (χ0) is 11.7. The van der Waals surface area contributed by atoms with Gasteiger partial charge in [0.05, 0.1) is 5.52 Å². The number of carbonyl (C=O) groups excluding carboxylic acids is 1. The molecule has 0 N–H and O–H groups in total. The maximum absolute atomic E-state index is 11.5. The van der Waals surface area contributed by atoms with Gasteiger partial charge in [-0.05, 0) is 29.7 Å². The van der Waals surface area contributed by atoms with E-state index in [9.17, 15) is 9.59 Å². The van der Waals surface area contributed by atoms with Crippen molar-refractivity contribution in [1.82, 2.24) is 4.57 Å². The third-order valence-corrected chi connectivity index (χ3v) is 2.77. The average Bonchev–Trinajstić information content (AvgIpc) is 2.32. The average molecular weight is 215 g/mol. The molecule has 0 aliphatic heterocycles. The van der Waals surface area contributed by atoms with Gasteiger partial charge in [-0.1, -0.05) is 6.92 Å². The Hall–Kier alpha value is -1.90. The molecule has 2 rings (SSSR count). The predicted octanol–water partition coefficient (Wildman–Crippen LogP) is 2.13. The van der Waals surface area contributed by atoms with Gasteiger partial charge in [0.1, 0.15) is 0 Å². The van der Waals surface area contributed by atoms with Crippen molar-refractivity contribution in [3.8, 4) is 0 Å². The van der Waals surface area contributed by atoms with E-state index in [1.807, 2.05) is 19.1 Å². The van der Waals surface area contributed by atoms with Crippen molar-refractivity contribution in [2.45, 2.75) is 13.3 Å². The van der Waals surface area contributed by atoms with Gasteiger partial charge >= 0.3 is 0 Å². The molecule has 0 radical (unpaired) electrons. The minimum absolute atomic E-state index is 0.0398. The van der Waals surface area contributed by atoms with Crippen LogP contribution in [0.2, 0.25) is 0 Å². The van der Waals surface area contributed by atoms with Gasteiger partial charge in [0.15, 0.2) is 5.78 Å². The smallest absolute Gasteiger partial charge is 0.250 e. The number of aromatic nitrogens is 1. The van der Waals surface area contributed by atoms with Crippen molar-refractivity contribution in [3.05, 3.63) is 46.2 Å². The molecule has 1 heterocycles. The number of fused-ring (bicyclic) bond motifs is 1. The largest absolute Gasteiger partial charge is 0.311 e. The van der Waals surface area contributed by atoms with Crippen LogP contribution in [0.25, 0.3) is 10.9 Å². The monoisotopic (exact) mass is 215 g/mol. The number of Topliss-reactive ketones (excluding diaryl/α,β-unsaturated/α-hetero) is 1. The zero-order valence-electron chi connectivity index (χ0n) is 9.36. The normalized spacial score (nSPS) is 10.6. The Labute approximate surface area is 93.3 Å². The molecule has 2 aromatic rings. The first-order valence-corrected chi connectivity index (χ1v) is 5.26. The van der Waals surface area contributed by atoms with Crippen LogP contribution in [0.5, 0.6) is 0 Å². The quantitative estimate of drug-likeness (QED) is 0.720. The molecule has 16 heavy (non-hydrogen) atoms. The summed E-state index contributed by atoms with van der Waals surface area (Å²) in [5, 5.41) is 0.918. The standard InChI is InChI=1S/C13H13NO2/c1-3-12(15)10-4-6-11-9(8-10)5-7-13(16)14(11)2/h4-8H,3H2,1-2H3. The number of rotatable bonds is 2. The van der Waals surface area contributed by atoms with E-state index in [0.717, 1.165) is 10.9 Å². The van der Waals surface area contributed by atoms with Crippen LogP contribution < -0.4 is 5.56 Å². The number of aryl methyl sites for hydroxylation is 1. The van der Waals surface area contributed by atoms with Crippen molar-refractivity contribution >= 4 is 16.7 Å². The fourth-order valence-electron chi connectivity index (χ4n) is 1.76. The lowest BCUT2D eigenvalue weighted by atomic mass is 10.1. The van der Waals surface area contributed by atoms with Gasteiger partial charge in [0.2, 0.25) is 0 Å². The summed E-state index contributed by atoms with van der Waals surface area (Å²) in [5.74, 6) is 0.121. The summed E-state index contributed by atoms with van der Waals surface area (Å²) in [6.07, 6.45) is 0.497. The molecular weight excluding hydrogens is 202 g/mol. The fraction of sp³-hybridized carbons (Fsp3) is 0.231. The van der Waals surface area contributed by atoms with Crippen LogP contribution in [-0.2, 0) is 7.05 Å². The van der Waals surface area contributed by atoms with Crippen molar-refractivity contribution in [2.75, 3.05) is 0 Å². The summed E-state index contributed by atoms with van der Waals surface area (Å²) in [7, 11) is 1.73. The van der Waals surface area contributed by atoms with Crippen molar-refractivity contribution < 1.29 is 4.79 Å². The molecule has 0 atom stereocenters. The molecule has 0 aliphatic rings. The van der Waals surface area contributed by atoms with Crippen LogP contribution in [0, 0.1) is 0 Å². The van der Waals surface area contributed by atoms with Gasteiger partial charge < -0.3 is 4.57 Å². The second kappa shape index (κ2) is 3.93. The van der Waals surface area contributed by atoms with E-state index in [1.165, 1.54) is 6.07 Å². The summed E-state index contributed by atoms with van der Waals surface area (Å²) < 4.78 is 1.58. The minimum Gasteiger partial charge on any atom is -0.311 e. The number of nitrogens with zero attached hydrogens (tertiary/aromatic N) is 1. The van der Waals surface area contributed by atoms with E-state index >= 15 is 0 Å². The van der Waals surface area contributed by atoms with Gasteiger partial charge in [-0.25, -0.2) is 0 Å². The van der Waals surface area contributed by atoms with E-state index < -0.39 is 0 Å². The Morgan fingerprint density at radius 2 is 2.00 bits per heavy atom. The van der Waals surface area contributed by atoms with Crippen molar-refractivity contribution in [1.29, 1.82) is 0 Å². The number of hydrogen-bond donors (Lipinski definition) is 0. The zero-order valence-corrected chi connectivity index (χ0v) is 9.36. The highest BCUT2D eigenvalue weighted by molar-refractivity contribution is 5.99. The Bertz CT molecular complexity index is 611. The molecule has 0 unspecified atom stereocenters. The molecule has 0 spiro atoms. The van der Waals surface area contributed by atoms with Crippen LogP contribution in [0.3, 0.4) is 0 Å². The third-order valence-electron chi connectivity index (χ3n) is 2.77. The lowest BCUT2D eigenvalue weighted by Gasteiger charge is -2.05. The van der Waals surface area contributed by atoms with E-state index in [0.29, 0.717) is 12.0 Å². The van der Waals surface area contributed by atoms with E-state index in [4.69, 9.17) is 0 Å². The Balaban J connectivity index is 2.69. The summed E-state index contributed by atoms with van der Waals surface area (Å²) >= 11 is 0. The lowest BCUT2D eigenvalue weighted by Crippen LogP contribution is -2.15.